The molecule has 2 aromatic carbocycles. The minimum atomic E-state index is -1.78. The Morgan fingerprint density at radius 3 is 1.70 bits per heavy atom. The number of Topliss-reactive ketones (excluding diaryl/α,β-unsaturated/α-hetero) is 2. The molecule has 3 rings (SSSR count). The van der Waals surface area contributed by atoms with Gasteiger partial charge < -0.3 is 0 Å². The fourth-order valence-corrected chi connectivity index (χ4v) is 9.61. The average Bonchev–Trinajstić information content (AvgIpc) is 2.64. The Labute approximate surface area is 167 Å². The van der Waals surface area contributed by atoms with Crippen molar-refractivity contribution in [2.24, 2.45) is 0 Å². The summed E-state index contributed by atoms with van der Waals surface area (Å²) in [5.74, 6) is 0.197. The van der Waals surface area contributed by atoms with Gasteiger partial charge in [-0.3, -0.25) is 0 Å². The number of benzene rings is 2. The van der Waals surface area contributed by atoms with E-state index < -0.39 is 17.3 Å². The molecule has 0 bridgehead atoms. The van der Waals surface area contributed by atoms with Crippen LogP contribution in [0.15, 0.2) is 72.8 Å². The molecule has 0 amide bonds. The normalized spacial score (nSPS) is 17.1. The summed E-state index contributed by atoms with van der Waals surface area (Å²) in [7, 11) is 0. The molecule has 1 aliphatic rings. The Kier molecular flexibility index (Phi) is 6.74. The Morgan fingerprint density at radius 2 is 1.22 bits per heavy atom. The molecule has 3 heteroatoms. The zero-order chi connectivity index (χ0) is 19.2. The summed E-state index contributed by atoms with van der Waals surface area (Å²) in [5, 5.41) is 0. The maximum atomic E-state index is 11.6. The Hall–Kier alpha value is -2.05. The molecular weight excluding hydrogens is 515 g/mol. The van der Waals surface area contributed by atoms with Crippen molar-refractivity contribution in [2.75, 3.05) is 0 Å². The van der Waals surface area contributed by atoms with E-state index in [0.29, 0.717) is 4.31 Å². The summed E-state index contributed by atoms with van der Waals surface area (Å²) in [6.07, 6.45) is 12.5. The summed E-state index contributed by atoms with van der Waals surface area (Å²) < 4.78 is 3.20. The fraction of sp³-hybridized carbons (Fsp3) is 0.250. The van der Waals surface area contributed by atoms with Gasteiger partial charge in [0.25, 0.3) is 0 Å². The SMILES string of the molecule is CC(=O)c1cc[c]([Pt]([c]2ccc(C(C)=O)cc2)[C@H]2C=CCCC=CC2)cc1. The van der Waals surface area contributed by atoms with Crippen LogP contribution in [0.1, 0.15) is 53.8 Å². The molecule has 2 nitrogen and oxygen atoms in total. The van der Waals surface area contributed by atoms with E-state index in [-0.39, 0.29) is 11.6 Å². The molecule has 0 saturated heterocycles. The predicted molar refractivity (Wildman–Crippen MR) is 108 cm³/mol. The molecule has 0 fully saturated rings. The Morgan fingerprint density at radius 1 is 0.741 bits per heavy atom. The van der Waals surface area contributed by atoms with Crippen molar-refractivity contribution in [1.29, 1.82) is 0 Å². The molecule has 0 spiro atoms. The molecule has 143 valence electrons. The van der Waals surface area contributed by atoms with E-state index in [9.17, 15) is 9.59 Å². The minimum absolute atomic E-state index is 0.0987. The van der Waals surface area contributed by atoms with Crippen LogP contribution < -0.4 is 7.91 Å². The summed E-state index contributed by atoms with van der Waals surface area (Å²) in [5.41, 5.74) is 1.52. The van der Waals surface area contributed by atoms with Gasteiger partial charge in [0.15, 0.2) is 0 Å². The second-order valence-electron chi connectivity index (χ2n) is 6.50. The van der Waals surface area contributed by atoms with Crippen molar-refractivity contribution in [2.45, 2.75) is 37.4 Å². The monoisotopic (exact) mass is 540 g/mol. The van der Waals surface area contributed by atoms with Gasteiger partial charge in [-0.05, 0) is 0 Å². The molecular formula is C24H25O2Pt. The van der Waals surface area contributed by atoms with Gasteiger partial charge in [0.05, 0.1) is 0 Å². The van der Waals surface area contributed by atoms with Gasteiger partial charge in [-0.1, -0.05) is 0 Å². The molecule has 0 radical (unpaired) electrons. The molecule has 0 heterocycles. The second kappa shape index (κ2) is 9.24. The number of carbonyl (C=O) groups is 2. The van der Waals surface area contributed by atoms with Gasteiger partial charge in [-0.25, -0.2) is 0 Å². The number of rotatable bonds is 5. The first kappa shape index (κ1) is 19.7. The van der Waals surface area contributed by atoms with Crippen molar-refractivity contribution in [3.8, 4) is 0 Å². The molecule has 0 aromatic heterocycles. The molecule has 1 aliphatic carbocycles. The molecule has 2 aromatic rings. The zero-order valence-corrected chi connectivity index (χ0v) is 18.0. The molecule has 0 N–H and O–H groups in total. The molecule has 1 atom stereocenters. The third kappa shape index (κ3) is 5.02. The Bertz CT molecular complexity index is 803. The van der Waals surface area contributed by atoms with E-state index >= 15 is 0 Å². The molecule has 0 saturated carbocycles. The van der Waals surface area contributed by atoms with Gasteiger partial charge in [0.2, 0.25) is 0 Å². The van der Waals surface area contributed by atoms with Crippen LogP contribution in [0, 0.1) is 0 Å². The number of ketones is 2. The number of hydrogen-bond acceptors (Lipinski definition) is 2. The van der Waals surface area contributed by atoms with Crippen molar-refractivity contribution >= 4 is 19.5 Å². The van der Waals surface area contributed by atoms with E-state index in [1.807, 2.05) is 24.3 Å². The summed E-state index contributed by atoms with van der Waals surface area (Å²) in [4.78, 5) is 23.3. The van der Waals surface area contributed by atoms with Gasteiger partial charge in [0.1, 0.15) is 0 Å². The van der Waals surface area contributed by atoms with Crippen LogP contribution in [0.25, 0.3) is 0 Å². The third-order valence-corrected chi connectivity index (χ3v) is 11.4. The van der Waals surface area contributed by atoms with Crippen LogP contribution in [0.2, 0.25) is 4.31 Å². The van der Waals surface area contributed by atoms with Gasteiger partial charge in [0, 0.05) is 0 Å². The zero-order valence-electron chi connectivity index (χ0n) is 15.8. The van der Waals surface area contributed by atoms with Crippen molar-refractivity contribution in [3.05, 3.63) is 84.0 Å². The topological polar surface area (TPSA) is 34.1 Å². The van der Waals surface area contributed by atoms with Gasteiger partial charge in [-0.2, -0.15) is 0 Å². The number of hydrogen-bond donors (Lipinski definition) is 0. The maximum absolute atomic E-state index is 11.6. The molecule has 27 heavy (non-hydrogen) atoms. The standard InChI is InChI=1S/2C8H7O.C8H11.Pt/c2*1-7(9)8-5-3-2-4-6-8;1-2-4-6-8-7-5-3-1;/h2*3-6H,1H3;1-3,6,8H,4-5,7H2;. The average molecular weight is 541 g/mol. The fourth-order valence-electron chi connectivity index (χ4n) is 2.93. The van der Waals surface area contributed by atoms with E-state index in [2.05, 4.69) is 48.6 Å². The van der Waals surface area contributed by atoms with Crippen molar-refractivity contribution < 1.29 is 26.9 Å². The van der Waals surface area contributed by atoms with E-state index in [1.54, 1.807) is 13.8 Å². The number of carbonyl (C=O) groups excluding carboxylic acids is 2. The molecule has 0 aliphatic heterocycles. The van der Waals surface area contributed by atoms with Crippen LogP contribution in [-0.2, 0) is 17.3 Å². The van der Waals surface area contributed by atoms with Crippen molar-refractivity contribution in [3.63, 3.8) is 0 Å². The van der Waals surface area contributed by atoms with E-state index in [1.165, 1.54) is 7.91 Å². The molecule has 0 unspecified atom stereocenters. The van der Waals surface area contributed by atoms with E-state index in [4.69, 9.17) is 0 Å². The van der Waals surface area contributed by atoms with Crippen LogP contribution in [0.3, 0.4) is 0 Å². The van der Waals surface area contributed by atoms with E-state index in [0.717, 1.165) is 30.4 Å². The number of allylic oxidation sites excluding steroid dienone is 4. The van der Waals surface area contributed by atoms with Crippen LogP contribution in [-0.4, -0.2) is 11.6 Å². The van der Waals surface area contributed by atoms with Crippen LogP contribution in [0.5, 0.6) is 0 Å². The summed E-state index contributed by atoms with van der Waals surface area (Å²) in [6, 6.07) is 16.4. The Balaban J connectivity index is 2.02. The predicted octanol–water partition coefficient (Wildman–Crippen LogP) is 4.75. The van der Waals surface area contributed by atoms with Crippen LogP contribution in [0.4, 0.5) is 0 Å². The van der Waals surface area contributed by atoms with Gasteiger partial charge in [-0.15, -0.1) is 0 Å². The first-order valence-corrected chi connectivity index (χ1v) is 12.8. The third-order valence-electron chi connectivity index (χ3n) is 4.43. The first-order valence-electron chi connectivity index (χ1n) is 9.18. The van der Waals surface area contributed by atoms with Crippen molar-refractivity contribution in [1.82, 2.24) is 0 Å². The van der Waals surface area contributed by atoms with Crippen LogP contribution >= 0.6 is 0 Å². The summed E-state index contributed by atoms with van der Waals surface area (Å²) in [6.45, 7) is 3.21. The first-order chi connectivity index (χ1) is 13.1. The second-order valence-corrected chi connectivity index (χ2v) is 12.7. The summed E-state index contributed by atoms with van der Waals surface area (Å²) >= 11 is -1.78. The van der Waals surface area contributed by atoms with Gasteiger partial charge >= 0.3 is 168 Å². The quantitative estimate of drug-likeness (QED) is 0.406.